The second-order valence-electron chi connectivity index (χ2n) is 5.49. The minimum Gasteiger partial charge on any atom is -0.394 e. The molecule has 2 atom stereocenters. The number of pyridine rings is 1. The molecule has 1 aromatic heterocycles. The molecule has 0 aliphatic heterocycles. The number of hydrogen-bond donors (Lipinski definition) is 2. The maximum absolute atomic E-state index is 9.68. The van der Waals surface area contributed by atoms with Crippen LogP contribution in [0.5, 0.6) is 0 Å². The molecule has 0 saturated heterocycles. The molecular formula is C14H22N2O. The lowest BCUT2D eigenvalue weighted by Gasteiger charge is -2.39. The van der Waals surface area contributed by atoms with Crippen molar-refractivity contribution in [3.63, 3.8) is 0 Å². The van der Waals surface area contributed by atoms with Gasteiger partial charge in [-0.25, -0.2) is 4.98 Å². The second kappa shape index (κ2) is 5.05. The molecule has 3 heteroatoms. The third-order valence-corrected chi connectivity index (χ3v) is 3.70. The first-order valence-electron chi connectivity index (χ1n) is 6.45. The highest BCUT2D eigenvalue weighted by Gasteiger charge is 2.34. The Kier molecular flexibility index (Phi) is 3.67. The van der Waals surface area contributed by atoms with Crippen LogP contribution in [0.3, 0.4) is 0 Å². The van der Waals surface area contributed by atoms with Crippen LogP contribution in [0.25, 0.3) is 0 Å². The van der Waals surface area contributed by atoms with E-state index in [-0.39, 0.29) is 12.1 Å². The number of anilines is 1. The number of rotatable bonds is 3. The highest BCUT2D eigenvalue weighted by atomic mass is 16.3. The Labute approximate surface area is 103 Å². The number of hydrogen-bond acceptors (Lipinski definition) is 3. The zero-order valence-electron chi connectivity index (χ0n) is 10.7. The van der Waals surface area contributed by atoms with Crippen LogP contribution < -0.4 is 5.32 Å². The van der Waals surface area contributed by atoms with Gasteiger partial charge in [0.25, 0.3) is 0 Å². The lowest BCUT2D eigenvalue weighted by molar-refractivity contribution is 0.149. The van der Waals surface area contributed by atoms with E-state index < -0.39 is 0 Å². The van der Waals surface area contributed by atoms with Crippen LogP contribution >= 0.6 is 0 Å². The molecule has 1 aliphatic carbocycles. The van der Waals surface area contributed by atoms with Gasteiger partial charge in [0.2, 0.25) is 0 Å². The Bertz CT molecular complexity index is 363. The summed E-state index contributed by atoms with van der Waals surface area (Å²) in [5.74, 6) is 1.55. The summed E-state index contributed by atoms with van der Waals surface area (Å²) >= 11 is 0. The monoisotopic (exact) mass is 234 g/mol. The maximum atomic E-state index is 9.68. The van der Waals surface area contributed by atoms with Gasteiger partial charge in [-0.15, -0.1) is 0 Å². The molecule has 3 nitrogen and oxygen atoms in total. The molecule has 94 valence electrons. The summed E-state index contributed by atoms with van der Waals surface area (Å²) in [5, 5.41) is 13.1. The molecular weight excluding hydrogens is 212 g/mol. The van der Waals surface area contributed by atoms with Crippen molar-refractivity contribution in [2.75, 3.05) is 11.9 Å². The summed E-state index contributed by atoms with van der Waals surface area (Å²) in [6.45, 7) is 4.47. The fraction of sp³-hybridized carbons (Fsp3) is 0.643. The zero-order valence-corrected chi connectivity index (χ0v) is 10.7. The summed E-state index contributed by atoms with van der Waals surface area (Å²) < 4.78 is 0. The molecule has 1 saturated carbocycles. The fourth-order valence-electron chi connectivity index (χ4n) is 2.77. The van der Waals surface area contributed by atoms with Crippen LogP contribution in [0.4, 0.5) is 5.82 Å². The van der Waals surface area contributed by atoms with Gasteiger partial charge in [0.1, 0.15) is 5.82 Å². The minimum absolute atomic E-state index is 0.167. The zero-order chi connectivity index (χ0) is 12.3. The quantitative estimate of drug-likeness (QED) is 0.845. The normalized spacial score (nSPS) is 29.0. The van der Waals surface area contributed by atoms with E-state index in [4.69, 9.17) is 0 Å². The van der Waals surface area contributed by atoms with Gasteiger partial charge >= 0.3 is 0 Å². The molecule has 1 fully saturated rings. The van der Waals surface area contributed by atoms with E-state index in [2.05, 4.69) is 17.2 Å². The number of aryl methyl sites for hydroxylation is 1. The topological polar surface area (TPSA) is 45.1 Å². The minimum atomic E-state index is -0.167. The average molecular weight is 234 g/mol. The standard InChI is InChI=1S/C14H22N2O/c1-11-4-3-7-14(8-11,10-17)16-13-6-5-12(2)9-15-13/h5-6,9,11,17H,3-4,7-8,10H2,1-2H3,(H,15,16). The van der Waals surface area contributed by atoms with Crippen LogP contribution in [-0.4, -0.2) is 22.2 Å². The number of nitrogens with zero attached hydrogens (tertiary/aromatic N) is 1. The van der Waals surface area contributed by atoms with Gasteiger partial charge in [-0.2, -0.15) is 0 Å². The van der Waals surface area contributed by atoms with Crippen molar-refractivity contribution in [3.8, 4) is 0 Å². The van der Waals surface area contributed by atoms with Crippen LogP contribution in [0.1, 0.15) is 38.2 Å². The van der Waals surface area contributed by atoms with Crippen molar-refractivity contribution in [1.29, 1.82) is 0 Å². The van der Waals surface area contributed by atoms with Crippen molar-refractivity contribution >= 4 is 5.82 Å². The third kappa shape index (κ3) is 2.97. The van der Waals surface area contributed by atoms with E-state index in [0.29, 0.717) is 5.92 Å². The van der Waals surface area contributed by atoms with Gasteiger partial charge in [0.15, 0.2) is 0 Å². The second-order valence-corrected chi connectivity index (χ2v) is 5.49. The predicted molar refractivity (Wildman–Crippen MR) is 70.0 cm³/mol. The summed E-state index contributed by atoms with van der Waals surface area (Å²) in [6.07, 6.45) is 6.37. The molecule has 2 unspecified atom stereocenters. The van der Waals surface area contributed by atoms with Crippen molar-refractivity contribution in [3.05, 3.63) is 23.9 Å². The Hall–Kier alpha value is -1.09. The molecule has 0 radical (unpaired) electrons. The molecule has 17 heavy (non-hydrogen) atoms. The van der Waals surface area contributed by atoms with Gasteiger partial charge in [-0.05, 0) is 37.3 Å². The number of aromatic nitrogens is 1. The smallest absolute Gasteiger partial charge is 0.126 e. The van der Waals surface area contributed by atoms with Crippen LogP contribution in [-0.2, 0) is 0 Å². The van der Waals surface area contributed by atoms with Crippen molar-refractivity contribution in [2.45, 2.75) is 45.1 Å². The van der Waals surface area contributed by atoms with E-state index >= 15 is 0 Å². The Morgan fingerprint density at radius 2 is 2.35 bits per heavy atom. The predicted octanol–water partition coefficient (Wildman–Crippen LogP) is 2.74. The molecule has 0 bridgehead atoms. The molecule has 2 N–H and O–H groups in total. The SMILES string of the molecule is Cc1ccc(NC2(CO)CCCC(C)C2)nc1. The molecule has 0 spiro atoms. The van der Waals surface area contributed by atoms with E-state index in [1.807, 2.05) is 25.3 Å². The molecule has 2 rings (SSSR count). The Balaban J connectivity index is 2.10. The molecule has 1 heterocycles. The van der Waals surface area contributed by atoms with Crippen molar-refractivity contribution < 1.29 is 5.11 Å². The summed E-state index contributed by atoms with van der Waals surface area (Å²) in [4.78, 5) is 4.37. The molecule has 1 aliphatic rings. The largest absolute Gasteiger partial charge is 0.394 e. The first-order valence-corrected chi connectivity index (χ1v) is 6.45. The van der Waals surface area contributed by atoms with Crippen molar-refractivity contribution in [1.82, 2.24) is 4.98 Å². The first kappa shape index (κ1) is 12.4. The van der Waals surface area contributed by atoms with E-state index in [9.17, 15) is 5.11 Å². The third-order valence-electron chi connectivity index (χ3n) is 3.70. The first-order chi connectivity index (χ1) is 8.13. The number of nitrogens with one attached hydrogen (secondary N) is 1. The van der Waals surface area contributed by atoms with Gasteiger partial charge in [0.05, 0.1) is 12.1 Å². The Morgan fingerprint density at radius 1 is 1.53 bits per heavy atom. The van der Waals surface area contributed by atoms with Gasteiger partial charge in [0, 0.05) is 6.20 Å². The van der Waals surface area contributed by atoms with Crippen LogP contribution in [0.15, 0.2) is 18.3 Å². The summed E-state index contributed by atoms with van der Waals surface area (Å²) in [5.41, 5.74) is 0.991. The van der Waals surface area contributed by atoms with Crippen LogP contribution in [0.2, 0.25) is 0 Å². The van der Waals surface area contributed by atoms with E-state index in [1.54, 1.807) is 0 Å². The van der Waals surface area contributed by atoms with Gasteiger partial charge in [-0.3, -0.25) is 0 Å². The lowest BCUT2D eigenvalue weighted by atomic mass is 9.77. The van der Waals surface area contributed by atoms with Gasteiger partial charge < -0.3 is 10.4 Å². The van der Waals surface area contributed by atoms with Crippen LogP contribution in [0, 0.1) is 12.8 Å². The van der Waals surface area contributed by atoms with Gasteiger partial charge in [-0.1, -0.05) is 25.8 Å². The number of aliphatic hydroxyl groups is 1. The fourth-order valence-corrected chi connectivity index (χ4v) is 2.77. The average Bonchev–Trinajstić information content (AvgIpc) is 2.32. The summed E-state index contributed by atoms with van der Waals surface area (Å²) in [6, 6.07) is 4.04. The maximum Gasteiger partial charge on any atom is 0.126 e. The summed E-state index contributed by atoms with van der Waals surface area (Å²) in [7, 11) is 0. The van der Waals surface area contributed by atoms with Crippen molar-refractivity contribution in [2.24, 2.45) is 5.92 Å². The molecule has 0 amide bonds. The number of aliphatic hydroxyl groups excluding tert-OH is 1. The molecule has 0 aromatic carbocycles. The highest BCUT2D eigenvalue weighted by molar-refractivity contribution is 5.39. The Morgan fingerprint density at radius 3 is 2.94 bits per heavy atom. The van der Waals surface area contributed by atoms with E-state index in [1.165, 1.54) is 12.8 Å². The van der Waals surface area contributed by atoms with E-state index in [0.717, 1.165) is 24.2 Å². The molecule has 1 aromatic rings. The lowest BCUT2D eigenvalue weighted by Crippen LogP contribution is -2.46. The highest BCUT2D eigenvalue weighted by Crippen LogP contribution is 2.34.